The van der Waals surface area contributed by atoms with Crippen LogP contribution in [0.5, 0.6) is 5.75 Å². The van der Waals surface area contributed by atoms with E-state index in [4.69, 9.17) is 9.47 Å². The first kappa shape index (κ1) is 20.3. The molecule has 0 aliphatic carbocycles. The fourth-order valence-electron chi connectivity index (χ4n) is 2.80. The topological polar surface area (TPSA) is 84.9 Å². The first-order chi connectivity index (χ1) is 13.6. The standard InChI is InChI=1S/C20H24N2O5S/c23-20(21-11-4-14-27-18-5-2-1-3-6-18)17-7-9-19(10-8-17)28(24,25)22-12-15-26-16-13-22/h1-3,5-10H,4,11-16H2,(H,21,23). The minimum atomic E-state index is -3.55. The Balaban J connectivity index is 1.47. The molecule has 0 saturated carbocycles. The van der Waals surface area contributed by atoms with Gasteiger partial charge >= 0.3 is 0 Å². The number of hydrogen-bond donors (Lipinski definition) is 1. The molecule has 2 aromatic rings. The maximum Gasteiger partial charge on any atom is 0.251 e. The lowest BCUT2D eigenvalue weighted by molar-refractivity contribution is 0.0730. The van der Waals surface area contributed by atoms with Crippen LogP contribution in [0.4, 0.5) is 0 Å². The molecule has 0 atom stereocenters. The fourth-order valence-corrected chi connectivity index (χ4v) is 4.21. The number of hydrogen-bond acceptors (Lipinski definition) is 5. The molecule has 3 rings (SSSR count). The second-order valence-electron chi connectivity index (χ2n) is 6.31. The fraction of sp³-hybridized carbons (Fsp3) is 0.350. The minimum Gasteiger partial charge on any atom is -0.494 e. The molecule has 1 amide bonds. The lowest BCUT2D eigenvalue weighted by Crippen LogP contribution is -2.40. The van der Waals surface area contributed by atoms with Crippen molar-refractivity contribution in [3.05, 3.63) is 60.2 Å². The lowest BCUT2D eigenvalue weighted by Gasteiger charge is -2.26. The summed E-state index contributed by atoms with van der Waals surface area (Å²) in [5.74, 6) is 0.556. The Kier molecular flexibility index (Phi) is 7.02. The van der Waals surface area contributed by atoms with Gasteiger partial charge in [0.25, 0.3) is 5.91 Å². The maximum absolute atomic E-state index is 12.6. The van der Waals surface area contributed by atoms with Gasteiger partial charge in [0.1, 0.15) is 5.75 Å². The highest BCUT2D eigenvalue weighted by Gasteiger charge is 2.26. The molecule has 2 aromatic carbocycles. The van der Waals surface area contributed by atoms with Crippen LogP contribution in [-0.4, -0.2) is 58.1 Å². The second kappa shape index (κ2) is 9.68. The first-order valence-corrected chi connectivity index (χ1v) is 10.7. The average molecular weight is 404 g/mol. The smallest absolute Gasteiger partial charge is 0.251 e. The zero-order chi connectivity index (χ0) is 19.8. The third kappa shape index (κ3) is 5.31. The summed E-state index contributed by atoms with van der Waals surface area (Å²) >= 11 is 0. The third-order valence-electron chi connectivity index (χ3n) is 4.34. The molecule has 0 spiro atoms. The SMILES string of the molecule is O=C(NCCCOc1ccccc1)c1ccc(S(=O)(=O)N2CCOCC2)cc1. The number of nitrogens with zero attached hydrogens (tertiary/aromatic N) is 1. The number of benzene rings is 2. The zero-order valence-corrected chi connectivity index (χ0v) is 16.4. The number of rotatable bonds is 8. The van der Waals surface area contributed by atoms with Gasteiger partial charge in [-0.2, -0.15) is 4.31 Å². The predicted octanol–water partition coefficient (Wildman–Crippen LogP) is 1.91. The van der Waals surface area contributed by atoms with E-state index in [9.17, 15) is 13.2 Å². The van der Waals surface area contributed by atoms with Gasteiger partial charge in [0.2, 0.25) is 10.0 Å². The molecule has 1 fully saturated rings. The number of amides is 1. The van der Waals surface area contributed by atoms with Crippen LogP contribution in [0.25, 0.3) is 0 Å². The summed E-state index contributed by atoms with van der Waals surface area (Å²) in [7, 11) is -3.55. The number of carbonyl (C=O) groups is 1. The van der Waals surface area contributed by atoms with Crippen molar-refractivity contribution in [2.75, 3.05) is 39.5 Å². The summed E-state index contributed by atoms with van der Waals surface area (Å²) in [5.41, 5.74) is 0.421. The quantitative estimate of drug-likeness (QED) is 0.680. The minimum absolute atomic E-state index is 0.183. The monoisotopic (exact) mass is 404 g/mol. The molecule has 1 N–H and O–H groups in total. The molecule has 150 valence electrons. The number of para-hydroxylation sites is 1. The Morgan fingerprint density at radius 3 is 2.39 bits per heavy atom. The van der Waals surface area contributed by atoms with E-state index in [1.807, 2.05) is 30.3 Å². The molecule has 1 saturated heterocycles. The van der Waals surface area contributed by atoms with Crippen molar-refractivity contribution < 1.29 is 22.7 Å². The van der Waals surface area contributed by atoms with Crippen molar-refractivity contribution in [1.29, 1.82) is 0 Å². The number of ether oxygens (including phenoxy) is 2. The number of nitrogens with one attached hydrogen (secondary N) is 1. The molecule has 7 nitrogen and oxygen atoms in total. The molecule has 0 bridgehead atoms. The van der Waals surface area contributed by atoms with Crippen molar-refractivity contribution >= 4 is 15.9 Å². The summed E-state index contributed by atoms with van der Waals surface area (Å²) in [6, 6.07) is 15.5. The molecular formula is C20H24N2O5S. The van der Waals surface area contributed by atoms with E-state index in [1.165, 1.54) is 28.6 Å². The van der Waals surface area contributed by atoms with Gasteiger partial charge in [-0.1, -0.05) is 18.2 Å². The van der Waals surface area contributed by atoms with Crippen LogP contribution in [0, 0.1) is 0 Å². The van der Waals surface area contributed by atoms with E-state index in [-0.39, 0.29) is 10.8 Å². The third-order valence-corrected chi connectivity index (χ3v) is 6.26. The van der Waals surface area contributed by atoms with Crippen molar-refractivity contribution in [1.82, 2.24) is 9.62 Å². The Hall–Kier alpha value is -2.42. The van der Waals surface area contributed by atoms with Crippen molar-refractivity contribution in [2.45, 2.75) is 11.3 Å². The van der Waals surface area contributed by atoms with Crippen LogP contribution in [0.15, 0.2) is 59.5 Å². The van der Waals surface area contributed by atoms with Gasteiger partial charge < -0.3 is 14.8 Å². The summed E-state index contributed by atoms with van der Waals surface area (Å²) in [6.45, 7) is 2.45. The van der Waals surface area contributed by atoms with Crippen LogP contribution < -0.4 is 10.1 Å². The van der Waals surface area contributed by atoms with Crippen LogP contribution in [-0.2, 0) is 14.8 Å². The summed E-state index contributed by atoms with van der Waals surface area (Å²) in [5, 5.41) is 2.81. The molecule has 0 unspecified atom stereocenters. The van der Waals surface area contributed by atoms with Crippen LogP contribution >= 0.6 is 0 Å². The van der Waals surface area contributed by atoms with Gasteiger partial charge in [-0.05, 0) is 42.8 Å². The Labute approximate surface area is 165 Å². The highest BCUT2D eigenvalue weighted by atomic mass is 32.2. The molecular weight excluding hydrogens is 380 g/mol. The van der Waals surface area contributed by atoms with E-state index < -0.39 is 10.0 Å². The van der Waals surface area contributed by atoms with Gasteiger partial charge in [-0.3, -0.25) is 4.79 Å². The lowest BCUT2D eigenvalue weighted by atomic mass is 10.2. The Morgan fingerprint density at radius 2 is 1.71 bits per heavy atom. The van der Waals surface area contributed by atoms with Crippen LogP contribution in [0.2, 0.25) is 0 Å². The van der Waals surface area contributed by atoms with Crippen molar-refractivity contribution in [2.24, 2.45) is 0 Å². The Morgan fingerprint density at radius 1 is 1.04 bits per heavy atom. The number of carbonyl (C=O) groups excluding carboxylic acids is 1. The molecule has 1 aliphatic heterocycles. The van der Waals surface area contributed by atoms with Gasteiger partial charge in [0.15, 0.2) is 0 Å². The molecule has 0 radical (unpaired) electrons. The van der Waals surface area contributed by atoms with Crippen molar-refractivity contribution in [3.8, 4) is 5.75 Å². The van der Waals surface area contributed by atoms with E-state index in [2.05, 4.69) is 5.32 Å². The maximum atomic E-state index is 12.6. The second-order valence-corrected chi connectivity index (χ2v) is 8.25. The van der Waals surface area contributed by atoms with E-state index >= 15 is 0 Å². The largest absolute Gasteiger partial charge is 0.494 e. The number of sulfonamides is 1. The molecule has 1 heterocycles. The van der Waals surface area contributed by atoms with Gasteiger partial charge in [0, 0.05) is 25.2 Å². The molecule has 0 aromatic heterocycles. The highest BCUT2D eigenvalue weighted by Crippen LogP contribution is 2.17. The van der Waals surface area contributed by atoms with Gasteiger partial charge in [-0.25, -0.2) is 8.42 Å². The van der Waals surface area contributed by atoms with E-state index in [0.717, 1.165) is 5.75 Å². The zero-order valence-electron chi connectivity index (χ0n) is 15.5. The summed E-state index contributed by atoms with van der Waals surface area (Å²) in [4.78, 5) is 12.4. The number of morpholine rings is 1. The normalized spacial score (nSPS) is 15.1. The highest BCUT2D eigenvalue weighted by molar-refractivity contribution is 7.89. The first-order valence-electron chi connectivity index (χ1n) is 9.21. The molecule has 8 heteroatoms. The van der Waals surface area contributed by atoms with Crippen molar-refractivity contribution in [3.63, 3.8) is 0 Å². The Bertz CT molecular complexity index is 863. The van der Waals surface area contributed by atoms with E-state index in [1.54, 1.807) is 0 Å². The van der Waals surface area contributed by atoms with Crippen LogP contribution in [0.3, 0.4) is 0 Å². The van der Waals surface area contributed by atoms with E-state index in [0.29, 0.717) is 51.4 Å². The van der Waals surface area contributed by atoms with Crippen LogP contribution in [0.1, 0.15) is 16.8 Å². The summed E-state index contributed by atoms with van der Waals surface area (Å²) in [6.07, 6.45) is 0.671. The molecule has 1 aliphatic rings. The summed E-state index contributed by atoms with van der Waals surface area (Å²) < 4.78 is 37.3. The van der Waals surface area contributed by atoms with Gasteiger partial charge in [0.05, 0.1) is 24.7 Å². The van der Waals surface area contributed by atoms with Gasteiger partial charge in [-0.15, -0.1) is 0 Å². The average Bonchev–Trinajstić information content (AvgIpc) is 2.75. The predicted molar refractivity (Wildman–Crippen MR) is 105 cm³/mol. The molecule has 28 heavy (non-hydrogen) atoms.